The summed E-state index contributed by atoms with van der Waals surface area (Å²) < 4.78 is 7.21. The number of nitrogens with one attached hydrogen (secondary N) is 1. The Morgan fingerprint density at radius 2 is 2.12 bits per heavy atom. The predicted molar refractivity (Wildman–Crippen MR) is 93.7 cm³/mol. The fourth-order valence-corrected chi connectivity index (χ4v) is 4.21. The van der Waals surface area contributed by atoms with Gasteiger partial charge < -0.3 is 13.9 Å². The molecule has 132 valence electrons. The van der Waals surface area contributed by atoms with Crippen LogP contribution < -0.4 is 5.56 Å². The van der Waals surface area contributed by atoms with E-state index in [1.54, 1.807) is 30.5 Å². The maximum absolute atomic E-state index is 12.9. The van der Waals surface area contributed by atoms with Crippen molar-refractivity contribution in [2.75, 3.05) is 13.1 Å². The monoisotopic (exact) mass is 350 g/mol. The van der Waals surface area contributed by atoms with Crippen LogP contribution in [0.1, 0.15) is 28.5 Å². The van der Waals surface area contributed by atoms with Gasteiger partial charge in [0.1, 0.15) is 5.69 Å². The van der Waals surface area contributed by atoms with Gasteiger partial charge in [-0.15, -0.1) is 0 Å². The van der Waals surface area contributed by atoms with E-state index in [9.17, 15) is 9.59 Å². The van der Waals surface area contributed by atoms with Crippen LogP contribution in [0.3, 0.4) is 0 Å². The second-order valence-electron chi connectivity index (χ2n) is 7.05. The normalized spacial score (nSPS) is 21.5. The van der Waals surface area contributed by atoms with Gasteiger partial charge in [0.05, 0.1) is 6.26 Å². The summed E-state index contributed by atoms with van der Waals surface area (Å²) in [5, 5.41) is 7.03. The second-order valence-corrected chi connectivity index (χ2v) is 7.05. The molecular weight excluding hydrogens is 332 g/mol. The smallest absolute Gasteiger partial charge is 0.274 e. The molecule has 2 atom stereocenters. The molecule has 0 spiro atoms. The lowest BCUT2D eigenvalue weighted by atomic mass is 9.83. The van der Waals surface area contributed by atoms with Crippen molar-refractivity contribution in [2.24, 2.45) is 5.92 Å². The van der Waals surface area contributed by atoms with Gasteiger partial charge in [-0.05, 0) is 30.5 Å². The maximum Gasteiger partial charge on any atom is 0.274 e. The minimum absolute atomic E-state index is 0.0485. The molecule has 3 aromatic rings. The Morgan fingerprint density at radius 1 is 1.19 bits per heavy atom. The van der Waals surface area contributed by atoms with Crippen LogP contribution in [0.5, 0.6) is 0 Å². The highest BCUT2D eigenvalue weighted by molar-refractivity contribution is 5.93. The zero-order chi connectivity index (χ0) is 17.7. The Bertz CT molecular complexity index is 1020. The first-order chi connectivity index (χ1) is 12.7. The summed E-state index contributed by atoms with van der Waals surface area (Å²) in [4.78, 5) is 26.9. The summed E-state index contributed by atoms with van der Waals surface area (Å²) in [6.07, 6.45) is 2.61. The van der Waals surface area contributed by atoms with Crippen molar-refractivity contribution in [1.29, 1.82) is 0 Å². The van der Waals surface area contributed by atoms with Crippen molar-refractivity contribution in [2.45, 2.75) is 18.9 Å². The summed E-state index contributed by atoms with van der Waals surface area (Å²) in [5.74, 6) is 1.07. The van der Waals surface area contributed by atoms with Crippen LogP contribution in [0.4, 0.5) is 0 Å². The molecule has 0 radical (unpaired) electrons. The van der Waals surface area contributed by atoms with E-state index in [-0.39, 0.29) is 17.4 Å². The fraction of sp³-hybridized carbons (Fsp3) is 0.316. The number of aromatic amines is 1. The summed E-state index contributed by atoms with van der Waals surface area (Å²) in [7, 11) is 0. The molecule has 1 amide bonds. The number of aromatic nitrogens is 3. The van der Waals surface area contributed by atoms with E-state index in [4.69, 9.17) is 4.42 Å². The molecule has 5 heterocycles. The van der Waals surface area contributed by atoms with E-state index >= 15 is 0 Å². The van der Waals surface area contributed by atoms with Crippen molar-refractivity contribution in [1.82, 2.24) is 19.7 Å². The zero-order valence-electron chi connectivity index (χ0n) is 14.1. The van der Waals surface area contributed by atoms with Crippen LogP contribution in [0.25, 0.3) is 11.5 Å². The van der Waals surface area contributed by atoms with Crippen LogP contribution in [0.2, 0.25) is 0 Å². The first kappa shape index (κ1) is 15.2. The van der Waals surface area contributed by atoms with Crippen molar-refractivity contribution < 1.29 is 9.21 Å². The Balaban J connectivity index is 1.41. The van der Waals surface area contributed by atoms with E-state index < -0.39 is 0 Å². The van der Waals surface area contributed by atoms with Gasteiger partial charge >= 0.3 is 0 Å². The topological polar surface area (TPSA) is 84.1 Å². The van der Waals surface area contributed by atoms with Gasteiger partial charge in [0.15, 0.2) is 11.5 Å². The Morgan fingerprint density at radius 3 is 2.96 bits per heavy atom. The predicted octanol–water partition coefficient (Wildman–Crippen LogP) is 2.09. The quantitative estimate of drug-likeness (QED) is 0.767. The molecule has 3 aromatic heterocycles. The molecule has 2 bridgehead atoms. The number of fused-ring (bicyclic) bond motifs is 4. The van der Waals surface area contributed by atoms with Crippen molar-refractivity contribution in [3.05, 3.63) is 64.4 Å². The van der Waals surface area contributed by atoms with Crippen LogP contribution in [-0.2, 0) is 6.54 Å². The van der Waals surface area contributed by atoms with Crippen LogP contribution in [0.15, 0.2) is 51.9 Å². The highest BCUT2D eigenvalue weighted by atomic mass is 16.3. The molecule has 7 heteroatoms. The van der Waals surface area contributed by atoms with Gasteiger partial charge in [0, 0.05) is 43.4 Å². The van der Waals surface area contributed by atoms with Crippen LogP contribution >= 0.6 is 0 Å². The van der Waals surface area contributed by atoms with E-state index in [0.717, 1.165) is 12.1 Å². The highest BCUT2D eigenvalue weighted by Gasteiger charge is 2.37. The molecule has 0 aromatic carbocycles. The average molecular weight is 350 g/mol. The molecule has 7 nitrogen and oxygen atoms in total. The van der Waals surface area contributed by atoms with Gasteiger partial charge in [-0.25, -0.2) is 0 Å². The van der Waals surface area contributed by atoms with Gasteiger partial charge in [-0.2, -0.15) is 5.10 Å². The van der Waals surface area contributed by atoms with Gasteiger partial charge in [-0.1, -0.05) is 6.07 Å². The number of piperidine rings is 1. The number of hydrogen-bond donors (Lipinski definition) is 1. The number of rotatable bonds is 2. The number of carbonyl (C=O) groups is 1. The molecule has 2 aliphatic heterocycles. The first-order valence-corrected chi connectivity index (χ1v) is 8.77. The lowest BCUT2D eigenvalue weighted by Gasteiger charge is -2.42. The number of H-pyrrole nitrogens is 1. The third kappa shape index (κ3) is 2.39. The first-order valence-electron chi connectivity index (χ1n) is 8.77. The van der Waals surface area contributed by atoms with Crippen LogP contribution in [-0.4, -0.2) is 38.7 Å². The summed E-state index contributed by atoms with van der Waals surface area (Å²) in [6, 6.07) is 10.8. The number of furan rings is 1. The Kier molecular flexibility index (Phi) is 3.34. The second kappa shape index (κ2) is 5.72. The largest absolute Gasteiger partial charge is 0.463 e. The number of carbonyl (C=O) groups excluding carboxylic acids is 1. The maximum atomic E-state index is 12.9. The summed E-state index contributed by atoms with van der Waals surface area (Å²) in [6.45, 7) is 1.94. The number of pyridine rings is 1. The standard InChI is InChI=1S/C19H18N4O3/c24-18-5-1-3-16-13-7-12(10-23(16)18)9-22(11-13)19(25)15-8-14(20-21-15)17-4-2-6-26-17/h1-6,8,12-13H,7,9-11H2,(H,20,21). The van der Waals surface area contributed by atoms with E-state index in [0.29, 0.717) is 42.7 Å². The minimum atomic E-state index is -0.0829. The van der Waals surface area contributed by atoms with Crippen molar-refractivity contribution >= 4 is 5.91 Å². The minimum Gasteiger partial charge on any atom is -0.463 e. The molecule has 1 N–H and O–H groups in total. The number of likely N-dealkylation sites (tertiary alicyclic amines) is 1. The van der Waals surface area contributed by atoms with Crippen molar-refractivity contribution in [3.63, 3.8) is 0 Å². The molecule has 0 saturated carbocycles. The molecule has 1 saturated heterocycles. The third-order valence-electron chi connectivity index (χ3n) is 5.35. The molecule has 2 aliphatic rings. The molecule has 2 unspecified atom stereocenters. The van der Waals surface area contributed by atoms with E-state index in [2.05, 4.69) is 10.2 Å². The van der Waals surface area contributed by atoms with E-state index in [1.165, 1.54) is 0 Å². The number of hydrogen-bond acceptors (Lipinski definition) is 4. The van der Waals surface area contributed by atoms with E-state index in [1.807, 2.05) is 21.6 Å². The average Bonchev–Trinajstić information content (AvgIpc) is 3.33. The zero-order valence-corrected chi connectivity index (χ0v) is 14.1. The van der Waals surface area contributed by atoms with Gasteiger partial charge in [0.2, 0.25) is 0 Å². The molecular formula is C19H18N4O3. The third-order valence-corrected chi connectivity index (χ3v) is 5.35. The van der Waals surface area contributed by atoms with Crippen molar-refractivity contribution in [3.8, 4) is 11.5 Å². The lowest BCUT2D eigenvalue weighted by molar-refractivity contribution is 0.0588. The number of amides is 1. The Hall–Kier alpha value is -3.09. The molecule has 0 aliphatic carbocycles. The molecule has 5 rings (SSSR count). The molecule has 26 heavy (non-hydrogen) atoms. The Labute approximate surface area is 149 Å². The highest BCUT2D eigenvalue weighted by Crippen LogP contribution is 2.35. The van der Waals surface area contributed by atoms with Gasteiger partial charge in [0.25, 0.3) is 11.5 Å². The fourth-order valence-electron chi connectivity index (χ4n) is 4.21. The lowest BCUT2D eigenvalue weighted by Crippen LogP contribution is -2.49. The number of nitrogens with zero attached hydrogens (tertiary/aromatic N) is 3. The summed E-state index contributed by atoms with van der Waals surface area (Å²) >= 11 is 0. The summed E-state index contributed by atoms with van der Waals surface area (Å²) in [5.41, 5.74) is 2.16. The van der Waals surface area contributed by atoms with Gasteiger partial charge in [-0.3, -0.25) is 14.7 Å². The SMILES string of the molecule is O=C(c1cc(-c2ccco2)[nH]n1)N1CC2CC(C1)c1cccc(=O)n1C2. The van der Waals surface area contributed by atoms with Crippen LogP contribution in [0, 0.1) is 5.92 Å². The molecule has 1 fully saturated rings.